The zero-order chi connectivity index (χ0) is 13.9. The van der Waals surface area contributed by atoms with E-state index >= 15 is 0 Å². The standard InChI is InChI=1S/C11H17NO4S2/c1-4-9-5-6-10(17-9)18(15,16)12(3)7-8(2)11(13)14/h5-6,8H,4,7H2,1-3H3,(H,13,14). The molecule has 0 aromatic carbocycles. The molecule has 102 valence electrons. The molecule has 1 rings (SSSR count). The summed E-state index contributed by atoms with van der Waals surface area (Å²) in [5.74, 6) is -1.73. The Morgan fingerprint density at radius 2 is 2.11 bits per heavy atom. The van der Waals surface area contributed by atoms with Gasteiger partial charge in [-0.25, -0.2) is 8.42 Å². The van der Waals surface area contributed by atoms with Gasteiger partial charge in [-0.1, -0.05) is 13.8 Å². The summed E-state index contributed by atoms with van der Waals surface area (Å²) in [6, 6.07) is 3.35. The van der Waals surface area contributed by atoms with Crippen LogP contribution in [0.2, 0.25) is 0 Å². The predicted octanol–water partition coefficient (Wildman–Crippen LogP) is 1.65. The summed E-state index contributed by atoms with van der Waals surface area (Å²) in [5, 5.41) is 8.79. The second kappa shape index (κ2) is 5.81. The Balaban J connectivity index is 2.89. The van der Waals surface area contributed by atoms with Crippen LogP contribution in [-0.4, -0.2) is 37.4 Å². The van der Waals surface area contributed by atoms with Crippen LogP contribution in [0.15, 0.2) is 16.3 Å². The van der Waals surface area contributed by atoms with E-state index in [-0.39, 0.29) is 10.8 Å². The van der Waals surface area contributed by atoms with Crippen molar-refractivity contribution in [2.24, 2.45) is 5.92 Å². The third-order valence-corrected chi connectivity index (χ3v) is 6.12. The van der Waals surface area contributed by atoms with E-state index < -0.39 is 21.9 Å². The molecule has 1 atom stereocenters. The van der Waals surface area contributed by atoms with Gasteiger partial charge < -0.3 is 5.11 Å². The second-order valence-corrected chi connectivity index (χ2v) is 7.54. The fraction of sp³-hybridized carbons (Fsp3) is 0.545. The van der Waals surface area contributed by atoms with Gasteiger partial charge in [0, 0.05) is 18.5 Å². The van der Waals surface area contributed by atoms with E-state index in [1.54, 1.807) is 12.1 Å². The average Bonchev–Trinajstić information content (AvgIpc) is 2.77. The number of nitrogens with zero attached hydrogens (tertiary/aromatic N) is 1. The van der Waals surface area contributed by atoms with E-state index in [0.29, 0.717) is 0 Å². The Labute approximate surface area is 111 Å². The molecule has 0 aliphatic rings. The Bertz CT molecular complexity index is 521. The number of rotatable bonds is 6. The molecule has 7 heteroatoms. The lowest BCUT2D eigenvalue weighted by Gasteiger charge is -2.18. The van der Waals surface area contributed by atoms with Crippen LogP contribution >= 0.6 is 11.3 Å². The normalized spacial score (nSPS) is 13.8. The van der Waals surface area contributed by atoms with Gasteiger partial charge in [0.1, 0.15) is 4.21 Å². The van der Waals surface area contributed by atoms with E-state index in [2.05, 4.69) is 0 Å². The topological polar surface area (TPSA) is 74.7 Å². The molecule has 0 bridgehead atoms. The minimum Gasteiger partial charge on any atom is -0.481 e. The molecule has 0 amide bonds. The number of carbonyl (C=O) groups is 1. The van der Waals surface area contributed by atoms with Crippen molar-refractivity contribution < 1.29 is 18.3 Å². The Morgan fingerprint density at radius 1 is 1.50 bits per heavy atom. The van der Waals surface area contributed by atoms with Crippen LogP contribution in [-0.2, 0) is 21.2 Å². The average molecular weight is 291 g/mol. The fourth-order valence-electron chi connectivity index (χ4n) is 1.40. The highest BCUT2D eigenvalue weighted by molar-refractivity contribution is 7.91. The SMILES string of the molecule is CCc1ccc(S(=O)(=O)N(C)CC(C)C(=O)O)s1. The molecule has 1 aromatic heterocycles. The molecule has 0 fully saturated rings. The lowest BCUT2D eigenvalue weighted by Crippen LogP contribution is -2.33. The summed E-state index contributed by atoms with van der Waals surface area (Å²) in [4.78, 5) is 11.7. The first-order valence-corrected chi connectivity index (χ1v) is 7.82. The van der Waals surface area contributed by atoms with Gasteiger partial charge in [-0.2, -0.15) is 4.31 Å². The Morgan fingerprint density at radius 3 is 2.56 bits per heavy atom. The van der Waals surface area contributed by atoms with Gasteiger partial charge >= 0.3 is 5.97 Å². The molecular formula is C11H17NO4S2. The van der Waals surface area contributed by atoms with E-state index in [1.807, 2.05) is 6.92 Å². The van der Waals surface area contributed by atoms with Gasteiger partial charge in [0.05, 0.1) is 5.92 Å². The van der Waals surface area contributed by atoms with Crippen molar-refractivity contribution in [3.63, 3.8) is 0 Å². The Kier molecular flexibility index (Phi) is 4.89. The third-order valence-electron chi connectivity index (χ3n) is 2.60. The number of sulfonamides is 1. The molecule has 0 saturated heterocycles. The van der Waals surface area contributed by atoms with Gasteiger partial charge in [0.25, 0.3) is 10.0 Å². The monoisotopic (exact) mass is 291 g/mol. The number of aryl methyl sites for hydroxylation is 1. The van der Waals surface area contributed by atoms with Crippen molar-refractivity contribution in [1.29, 1.82) is 0 Å². The lowest BCUT2D eigenvalue weighted by atomic mass is 10.2. The van der Waals surface area contributed by atoms with Crippen molar-refractivity contribution in [1.82, 2.24) is 4.31 Å². The zero-order valence-corrected chi connectivity index (χ0v) is 12.2. The Hall–Kier alpha value is -0.920. The third kappa shape index (κ3) is 3.30. The quantitative estimate of drug-likeness (QED) is 0.865. The summed E-state index contributed by atoms with van der Waals surface area (Å²) in [6.07, 6.45) is 0.787. The van der Waals surface area contributed by atoms with Crippen LogP contribution in [0.5, 0.6) is 0 Å². The molecule has 1 unspecified atom stereocenters. The highest BCUT2D eigenvalue weighted by Crippen LogP contribution is 2.25. The first-order valence-electron chi connectivity index (χ1n) is 5.57. The number of hydrogen-bond acceptors (Lipinski definition) is 4. The van der Waals surface area contributed by atoms with E-state index in [0.717, 1.165) is 15.6 Å². The van der Waals surface area contributed by atoms with Crippen LogP contribution in [0, 0.1) is 5.92 Å². The van der Waals surface area contributed by atoms with Crippen LogP contribution in [0.4, 0.5) is 0 Å². The second-order valence-electron chi connectivity index (χ2n) is 4.10. The molecule has 5 nitrogen and oxygen atoms in total. The number of aliphatic carboxylic acids is 1. The maximum absolute atomic E-state index is 12.2. The summed E-state index contributed by atoms with van der Waals surface area (Å²) in [7, 11) is -2.17. The van der Waals surface area contributed by atoms with E-state index in [4.69, 9.17) is 5.11 Å². The van der Waals surface area contributed by atoms with Gasteiger partial charge in [-0.3, -0.25) is 4.79 Å². The molecule has 0 spiro atoms. The number of hydrogen-bond donors (Lipinski definition) is 1. The molecule has 1 heterocycles. The minimum atomic E-state index is -3.57. The summed E-state index contributed by atoms with van der Waals surface area (Å²) < 4.78 is 25.7. The molecule has 0 radical (unpaired) electrons. The molecule has 0 aliphatic carbocycles. The smallest absolute Gasteiger partial charge is 0.307 e. The van der Waals surface area contributed by atoms with Crippen molar-refractivity contribution in [2.75, 3.05) is 13.6 Å². The zero-order valence-electron chi connectivity index (χ0n) is 10.6. The number of thiophene rings is 1. The van der Waals surface area contributed by atoms with Gasteiger partial charge in [0.2, 0.25) is 0 Å². The molecular weight excluding hydrogens is 274 g/mol. The summed E-state index contributed by atoms with van der Waals surface area (Å²) in [6.45, 7) is 3.41. The maximum Gasteiger partial charge on any atom is 0.307 e. The van der Waals surface area contributed by atoms with Crippen LogP contribution < -0.4 is 0 Å². The fourth-order valence-corrected chi connectivity index (χ4v) is 4.17. The first-order chi connectivity index (χ1) is 8.28. The van der Waals surface area contributed by atoms with Crippen molar-refractivity contribution in [3.8, 4) is 0 Å². The van der Waals surface area contributed by atoms with Crippen LogP contribution in [0.1, 0.15) is 18.7 Å². The molecule has 0 aliphatic heterocycles. The molecule has 0 saturated carbocycles. The van der Waals surface area contributed by atoms with Crippen molar-refractivity contribution in [3.05, 3.63) is 17.0 Å². The van der Waals surface area contributed by atoms with E-state index in [9.17, 15) is 13.2 Å². The molecule has 1 N–H and O–H groups in total. The van der Waals surface area contributed by atoms with Crippen molar-refractivity contribution >= 4 is 27.3 Å². The van der Waals surface area contributed by atoms with Crippen LogP contribution in [0.3, 0.4) is 0 Å². The van der Waals surface area contributed by atoms with Gasteiger partial charge in [0.15, 0.2) is 0 Å². The van der Waals surface area contributed by atoms with E-state index in [1.165, 1.54) is 25.3 Å². The molecule has 1 aromatic rings. The number of carboxylic acids is 1. The maximum atomic E-state index is 12.2. The highest BCUT2D eigenvalue weighted by Gasteiger charge is 2.26. The highest BCUT2D eigenvalue weighted by atomic mass is 32.2. The van der Waals surface area contributed by atoms with Gasteiger partial charge in [-0.05, 0) is 18.6 Å². The largest absolute Gasteiger partial charge is 0.481 e. The van der Waals surface area contributed by atoms with Crippen molar-refractivity contribution in [2.45, 2.75) is 24.5 Å². The first kappa shape index (κ1) is 15.1. The summed E-state index contributed by atoms with van der Waals surface area (Å²) >= 11 is 1.23. The lowest BCUT2D eigenvalue weighted by molar-refractivity contribution is -0.141. The summed E-state index contributed by atoms with van der Waals surface area (Å²) in [5.41, 5.74) is 0. The van der Waals surface area contributed by atoms with Crippen LogP contribution in [0.25, 0.3) is 0 Å². The van der Waals surface area contributed by atoms with Gasteiger partial charge in [-0.15, -0.1) is 11.3 Å². The predicted molar refractivity (Wildman–Crippen MR) is 70.3 cm³/mol. The molecule has 18 heavy (non-hydrogen) atoms. The number of carboxylic acid groups (broad SMARTS) is 1. The minimum absolute atomic E-state index is 0.0307.